The van der Waals surface area contributed by atoms with Gasteiger partial charge in [0, 0.05) is 24.3 Å². The van der Waals surface area contributed by atoms with Crippen molar-refractivity contribution < 1.29 is 13.2 Å². The third-order valence-electron chi connectivity index (χ3n) is 3.67. The minimum atomic E-state index is -3.02. The molecule has 0 aromatic carbocycles. The molecule has 98 valence electrons. The van der Waals surface area contributed by atoms with E-state index in [4.69, 9.17) is 0 Å². The number of hydrogen-bond acceptors (Lipinski definition) is 3. The highest BCUT2D eigenvalue weighted by molar-refractivity contribution is 7.90. The maximum absolute atomic E-state index is 12.3. The van der Waals surface area contributed by atoms with Crippen LogP contribution in [0.5, 0.6) is 0 Å². The van der Waals surface area contributed by atoms with E-state index in [0.29, 0.717) is 6.04 Å². The van der Waals surface area contributed by atoms with Gasteiger partial charge in [0.15, 0.2) is 0 Å². The smallest absolute Gasteiger partial charge is 0.226 e. The number of hydrogen-bond donors (Lipinski definition) is 0. The van der Waals surface area contributed by atoms with Crippen molar-refractivity contribution in [3.63, 3.8) is 0 Å². The molecule has 1 atom stereocenters. The number of amides is 1. The molecule has 5 heteroatoms. The van der Waals surface area contributed by atoms with Crippen LogP contribution in [0.15, 0.2) is 0 Å². The fourth-order valence-electron chi connectivity index (χ4n) is 2.49. The van der Waals surface area contributed by atoms with Crippen LogP contribution in [0.25, 0.3) is 0 Å². The summed E-state index contributed by atoms with van der Waals surface area (Å²) in [5.41, 5.74) is 0. The van der Waals surface area contributed by atoms with Gasteiger partial charge in [-0.25, -0.2) is 8.42 Å². The second kappa shape index (κ2) is 4.59. The highest BCUT2D eigenvalue weighted by atomic mass is 32.2. The van der Waals surface area contributed by atoms with Crippen molar-refractivity contribution in [3.05, 3.63) is 0 Å². The molecule has 17 heavy (non-hydrogen) atoms. The lowest BCUT2D eigenvalue weighted by Gasteiger charge is -2.35. The molecular weight excluding hydrogens is 238 g/mol. The minimum absolute atomic E-state index is 0.0853. The second-order valence-electron chi connectivity index (χ2n) is 5.55. The average Bonchev–Trinajstić information content (AvgIpc) is 2.80. The van der Waals surface area contributed by atoms with Gasteiger partial charge >= 0.3 is 0 Å². The summed E-state index contributed by atoms with van der Waals surface area (Å²) in [6.45, 7) is 1.86. The molecule has 0 spiro atoms. The van der Waals surface area contributed by atoms with Gasteiger partial charge in [0.05, 0.1) is 5.75 Å². The van der Waals surface area contributed by atoms with Gasteiger partial charge in [-0.1, -0.05) is 6.42 Å². The van der Waals surface area contributed by atoms with E-state index < -0.39 is 9.84 Å². The number of sulfone groups is 1. The summed E-state index contributed by atoms with van der Waals surface area (Å²) in [6.07, 6.45) is 6.40. The predicted molar refractivity (Wildman–Crippen MR) is 66.4 cm³/mol. The Kier molecular flexibility index (Phi) is 3.48. The first-order valence-electron chi connectivity index (χ1n) is 6.38. The summed E-state index contributed by atoms with van der Waals surface area (Å²) in [4.78, 5) is 14.1. The Hall–Kier alpha value is -0.580. The van der Waals surface area contributed by atoms with Crippen LogP contribution >= 0.6 is 0 Å². The van der Waals surface area contributed by atoms with E-state index in [1.165, 1.54) is 6.26 Å². The summed E-state index contributed by atoms with van der Waals surface area (Å²) in [7, 11) is -3.02. The zero-order valence-electron chi connectivity index (χ0n) is 10.6. The van der Waals surface area contributed by atoms with Crippen LogP contribution in [0.1, 0.15) is 39.0 Å². The van der Waals surface area contributed by atoms with Crippen molar-refractivity contribution in [3.8, 4) is 0 Å². The highest BCUT2D eigenvalue weighted by Crippen LogP contribution is 2.35. The SMILES string of the molecule is CC(CS(C)(=O)=O)N(C(=O)C1CCC1)C1CC1. The molecule has 0 aliphatic heterocycles. The monoisotopic (exact) mass is 259 g/mol. The molecule has 4 nitrogen and oxygen atoms in total. The molecule has 2 fully saturated rings. The van der Waals surface area contributed by atoms with Gasteiger partial charge < -0.3 is 4.90 Å². The molecule has 1 unspecified atom stereocenters. The Morgan fingerprint density at radius 2 is 1.88 bits per heavy atom. The molecule has 0 aromatic rings. The number of rotatable bonds is 5. The van der Waals surface area contributed by atoms with Crippen molar-refractivity contribution in [2.45, 2.75) is 51.1 Å². The quantitative estimate of drug-likeness (QED) is 0.745. The topological polar surface area (TPSA) is 54.5 Å². The summed E-state index contributed by atoms with van der Waals surface area (Å²) in [5.74, 6) is 0.439. The number of carbonyl (C=O) groups is 1. The van der Waals surface area contributed by atoms with Crippen LogP contribution in [-0.2, 0) is 14.6 Å². The van der Waals surface area contributed by atoms with E-state index >= 15 is 0 Å². The van der Waals surface area contributed by atoms with Gasteiger partial charge in [0.1, 0.15) is 9.84 Å². The maximum atomic E-state index is 12.3. The molecule has 0 bridgehead atoms. The molecule has 0 saturated heterocycles. The number of nitrogens with zero attached hydrogens (tertiary/aromatic N) is 1. The Morgan fingerprint density at radius 3 is 2.24 bits per heavy atom. The standard InChI is InChI=1S/C12H21NO3S/c1-9(8-17(2,15)16)13(11-6-7-11)12(14)10-4-3-5-10/h9-11H,3-8H2,1-2H3. The lowest BCUT2D eigenvalue weighted by atomic mass is 9.84. The summed E-state index contributed by atoms with van der Waals surface area (Å²) in [5, 5.41) is 0. The molecule has 0 heterocycles. The number of carbonyl (C=O) groups excluding carboxylic acids is 1. The lowest BCUT2D eigenvalue weighted by Crippen LogP contribution is -2.47. The van der Waals surface area contributed by atoms with Crippen molar-refractivity contribution in [2.24, 2.45) is 5.92 Å². The zero-order chi connectivity index (χ0) is 12.6. The van der Waals surface area contributed by atoms with Crippen LogP contribution in [0.2, 0.25) is 0 Å². The van der Waals surface area contributed by atoms with E-state index in [-0.39, 0.29) is 23.6 Å². The first kappa shape index (κ1) is 12.9. The van der Waals surface area contributed by atoms with Gasteiger partial charge in [-0.15, -0.1) is 0 Å². The van der Waals surface area contributed by atoms with Gasteiger partial charge in [-0.05, 0) is 32.6 Å². The van der Waals surface area contributed by atoms with Crippen LogP contribution < -0.4 is 0 Å². The molecule has 0 radical (unpaired) electrons. The van der Waals surface area contributed by atoms with Crippen LogP contribution in [0, 0.1) is 5.92 Å². The zero-order valence-corrected chi connectivity index (χ0v) is 11.4. The Balaban J connectivity index is 2.03. The highest BCUT2D eigenvalue weighted by Gasteiger charge is 2.40. The molecule has 0 N–H and O–H groups in total. The molecule has 2 aliphatic rings. The van der Waals surface area contributed by atoms with Crippen molar-refractivity contribution in [2.75, 3.05) is 12.0 Å². The van der Waals surface area contributed by atoms with E-state index in [0.717, 1.165) is 32.1 Å². The summed E-state index contributed by atoms with van der Waals surface area (Å²) < 4.78 is 22.7. The molecular formula is C12H21NO3S. The van der Waals surface area contributed by atoms with Crippen molar-refractivity contribution in [1.29, 1.82) is 0 Å². The van der Waals surface area contributed by atoms with E-state index in [9.17, 15) is 13.2 Å². The van der Waals surface area contributed by atoms with Crippen LogP contribution in [0.4, 0.5) is 0 Å². The predicted octanol–water partition coefficient (Wildman–Crippen LogP) is 1.21. The maximum Gasteiger partial charge on any atom is 0.226 e. The largest absolute Gasteiger partial charge is 0.336 e. The summed E-state index contributed by atoms with van der Waals surface area (Å²) >= 11 is 0. The van der Waals surface area contributed by atoms with E-state index in [1.54, 1.807) is 0 Å². The van der Waals surface area contributed by atoms with Crippen molar-refractivity contribution >= 4 is 15.7 Å². The fourth-order valence-corrected chi connectivity index (χ4v) is 3.53. The Bertz CT molecular complexity index is 396. The molecule has 2 saturated carbocycles. The van der Waals surface area contributed by atoms with E-state index in [2.05, 4.69) is 0 Å². The van der Waals surface area contributed by atoms with Gasteiger partial charge in [0.2, 0.25) is 5.91 Å². The van der Waals surface area contributed by atoms with Crippen molar-refractivity contribution in [1.82, 2.24) is 4.90 Å². The Labute approximate surface area is 103 Å². The Morgan fingerprint density at radius 1 is 1.29 bits per heavy atom. The fraction of sp³-hybridized carbons (Fsp3) is 0.917. The van der Waals surface area contributed by atoms with Crippen LogP contribution in [-0.4, -0.2) is 43.3 Å². The molecule has 2 rings (SSSR count). The third kappa shape index (κ3) is 3.21. The normalized spacial score (nSPS) is 22.9. The van der Waals surface area contributed by atoms with Crippen LogP contribution in [0.3, 0.4) is 0 Å². The van der Waals surface area contributed by atoms with Gasteiger partial charge in [0.25, 0.3) is 0 Å². The first-order chi connectivity index (χ1) is 7.88. The third-order valence-corrected chi connectivity index (χ3v) is 4.76. The second-order valence-corrected chi connectivity index (χ2v) is 7.73. The van der Waals surface area contributed by atoms with Gasteiger partial charge in [-0.2, -0.15) is 0 Å². The summed E-state index contributed by atoms with van der Waals surface area (Å²) in [6, 6.07) is 0.130. The van der Waals surface area contributed by atoms with Gasteiger partial charge in [-0.3, -0.25) is 4.79 Å². The minimum Gasteiger partial charge on any atom is -0.336 e. The molecule has 1 amide bonds. The molecule has 0 aromatic heterocycles. The lowest BCUT2D eigenvalue weighted by molar-refractivity contribution is -0.140. The van der Waals surface area contributed by atoms with E-state index in [1.807, 2.05) is 11.8 Å². The first-order valence-corrected chi connectivity index (χ1v) is 8.44. The molecule has 2 aliphatic carbocycles. The average molecular weight is 259 g/mol.